The zero-order valence-electron chi connectivity index (χ0n) is 34.9. The Balaban J connectivity index is 0.000000392. The number of carbonyl (C=O) groups is 4. The summed E-state index contributed by atoms with van der Waals surface area (Å²) in [5.41, 5.74) is 16.1. The van der Waals surface area contributed by atoms with Crippen molar-refractivity contribution in [3.63, 3.8) is 0 Å². The van der Waals surface area contributed by atoms with Crippen LogP contribution in [-0.4, -0.2) is 96.8 Å². The van der Waals surface area contributed by atoms with Crippen LogP contribution in [0.2, 0.25) is 0 Å². The van der Waals surface area contributed by atoms with Crippen LogP contribution in [0.5, 0.6) is 11.5 Å². The maximum atomic E-state index is 11.7. The van der Waals surface area contributed by atoms with Gasteiger partial charge in [0.05, 0.1) is 29.5 Å². The van der Waals surface area contributed by atoms with Crippen molar-refractivity contribution in [2.45, 2.75) is 67.7 Å². The van der Waals surface area contributed by atoms with Gasteiger partial charge in [0.15, 0.2) is 12.6 Å². The Bertz CT molecular complexity index is 2260. The molecule has 0 radical (unpaired) electrons. The maximum absolute atomic E-state index is 11.7. The molecule has 6 rings (SSSR count). The fraction of sp³-hybridized carbons (Fsp3) is 0.350. The van der Waals surface area contributed by atoms with E-state index in [2.05, 4.69) is 36.5 Å². The van der Waals surface area contributed by atoms with Gasteiger partial charge < -0.3 is 41.1 Å². The lowest BCUT2D eigenvalue weighted by Crippen LogP contribution is -2.11. The van der Waals surface area contributed by atoms with Crippen LogP contribution in [0.3, 0.4) is 0 Å². The first kappa shape index (κ1) is 47.3. The number of nitrogens with one attached hydrogen (secondary N) is 2. The van der Waals surface area contributed by atoms with E-state index in [0.29, 0.717) is 76.1 Å². The number of amides is 1. The van der Waals surface area contributed by atoms with Gasteiger partial charge in [-0.3, -0.25) is 28.5 Å². The third kappa shape index (κ3) is 11.4. The molecule has 0 aliphatic carbocycles. The predicted molar refractivity (Wildman–Crippen MR) is 227 cm³/mol. The number of primary amides is 1. The molecule has 7 N–H and O–H groups in total. The number of hydrogen-bond donors (Lipinski definition) is 5. The molecule has 4 aromatic heterocycles. The average Bonchev–Trinajstić information content (AvgIpc) is 4.02. The van der Waals surface area contributed by atoms with Crippen LogP contribution < -0.4 is 26.8 Å². The predicted octanol–water partition coefficient (Wildman–Crippen LogP) is 5.00. The highest BCUT2D eigenvalue weighted by molar-refractivity contribution is 5.99. The molecular weight excluding hydrogens is 745 g/mol. The van der Waals surface area contributed by atoms with Gasteiger partial charge in [0.1, 0.15) is 40.2 Å². The molecule has 0 aliphatic heterocycles. The van der Waals surface area contributed by atoms with Gasteiger partial charge in [0.25, 0.3) is 0 Å². The highest BCUT2D eigenvalue weighted by Crippen LogP contribution is 2.31. The molecule has 1 amide bonds. The summed E-state index contributed by atoms with van der Waals surface area (Å²) in [6, 6.07) is 9.83. The summed E-state index contributed by atoms with van der Waals surface area (Å²) >= 11 is 0. The number of imidazole rings is 2. The fourth-order valence-electron chi connectivity index (χ4n) is 5.79. The molecule has 0 aliphatic rings. The van der Waals surface area contributed by atoms with E-state index in [1.54, 1.807) is 53.8 Å². The van der Waals surface area contributed by atoms with Crippen LogP contribution >= 0.6 is 0 Å². The quantitative estimate of drug-likeness (QED) is 0.0764. The summed E-state index contributed by atoms with van der Waals surface area (Å²) in [5, 5.41) is 24.7. The van der Waals surface area contributed by atoms with Crippen LogP contribution in [0.25, 0.3) is 22.1 Å². The van der Waals surface area contributed by atoms with Crippen LogP contribution in [0.15, 0.2) is 48.6 Å². The molecule has 0 saturated heterocycles. The largest absolute Gasteiger partial charge is 0.506 e. The highest BCUT2D eigenvalue weighted by Gasteiger charge is 2.17. The number of hydrogen-bond acceptors (Lipinski definition) is 13. The summed E-state index contributed by atoms with van der Waals surface area (Å²) in [7, 11) is 6.52. The van der Waals surface area contributed by atoms with Crippen LogP contribution in [0, 0.1) is 13.8 Å². The van der Waals surface area contributed by atoms with E-state index in [1.807, 2.05) is 62.8 Å². The van der Waals surface area contributed by atoms with E-state index >= 15 is 0 Å². The van der Waals surface area contributed by atoms with E-state index in [-0.39, 0.29) is 5.75 Å². The Labute approximate surface area is 337 Å². The lowest BCUT2D eigenvalue weighted by Gasteiger charge is -2.10. The molecule has 0 saturated carbocycles. The van der Waals surface area contributed by atoms with E-state index in [4.69, 9.17) is 10.5 Å². The summed E-state index contributed by atoms with van der Waals surface area (Å²) in [5.74, 6) is 1.07. The first-order chi connectivity index (χ1) is 28.0. The molecule has 4 heterocycles. The van der Waals surface area contributed by atoms with Crippen molar-refractivity contribution in [1.29, 1.82) is 0 Å². The molecule has 0 spiro atoms. The van der Waals surface area contributed by atoms with E-state index in [1.165, 1.54) is 20.2 Å². The lowest BCUT2D eigenvalue weighted by atomic mass is 10.1. The molecule has 6 aromatic rings. The molecule has 0 fully saturated rings. The third-order valence-electron chi connectivity index (χ3n) is 8.19. The number of aryl methyl sites for hydroxylation is 4. The number of fused-ring (bicyclic) bond motifs is 2. The van der Waals surface area contributed by atoms with E-state index in [0.717, 1.165) is 42.6 Å². The van der Waals surface area contributed by atoms with Crippen LogP contribution in [-0.2, 0) is 26.2 Å². The van der Waals surface area contributed by atoms with Crippen molar-refractivity contribution in [3.8, 4) is 11.5 Å². The highest BCUT2D eigenvalue weighted by atomic mass is 16.5. The second-order valence-electron chi connectivity index (χ2n) is 11.8. The smallest absolute Gasteiger partial charge is 0.248 e. The van der Waals surface area contributed by atoms with Gasteiger partial charge in [-0.1, -0.05) is 26.0 Å². The molecule has 18 heteroatoms. The lowest BCUT2D eigenvalue weighted by molar-refractivity contribution is 0.0998. The zero-order valence-corrected chi connectivity index (χ0v) is 34.9. The van der Waals surface area contributed by atoms with Gasteiger partial charge in [-0.15, -0.1) is 0 Å². The Morgan fingerprint density at radius 1 is 0.759 bits per heavy atom. The molecule has 0 bridgehead atoms. The number of nitrogens with zero attached hydrogens (tertiary/aromatic N) is 8. The molecule has 312 valence electrons. The molecule has 2 aromatic carbocycles. The molecule has 58 heavy (non-hydrogen) atoms. The summed E-state index contributed by atoms with van der Waals surface area (Å²) in [6.45, 7) is 14.0. The SMILES string of the molecule is CC.CCn1nc(C)cc1C=O.CCn1nc(C)cc1C=O.CN.CNc1nc2cc(C=O)cc(O)c2n1C/C=C/Cn1c(NC)nc2cc(C(N)=O)cc(OC)c21. The van der Waals surface area contributed by atoms with Crippen molar-refractivity contribution in [1.82, 2.24) is 38.7 Å². The van der Waals surface area contributed by atoms with Gasteiger partial charge in [-0.2, -0.15) is 10.2 Å². The number of carbonyl (C=O) groups excluding carboxylic acids is 4. The first-order valence-corrected chi connectivity index (χ1v) is 18.6. The second kappa shape index (κ2) is 23.3. The van der Waals surface area contributed by atoms with Crippen molar-refractivity contribution in [2.75, 3.05) is 38.9 Å². The van der Waals surface area contributed by atoms with Crippen molar-refractivity contribution in [3.05, 3.63) is 82.5 Å². The van der Waals surface area contributed by atoms with Gasteiger partial charge in [0, 0.05) is 51.4 Å². The minimum Gasteiger partial charge on any atom is -0.506 e. The molecule has 0 unspecified atom stereocenters. The topological polar surface area (TPSA) is 245 Å². The van der Waals surface area contributed by atoms with Gasteiger partial charge in [-0.05, 0) is 71.1 Å². The average molecular weight is 801 g/mol. The Morgan fingerprint density at radius 3 is 1.60 bits per heavy atom. The number of phenolic OH excluding ortho intramolecular Hbond substituents is 1. The number of phenols is 1. The second-order valence-corrected chi connectivity index (χ2v) is 11.8. The molecular formula is C40H56N12O6. The van der Waals surface area contributed by atoms with Gasteiger partial charge in [0.2, 0.25) is 17.8 Å². The minimum absolute atomic E-state index is 0.0185. The number of methoxy groups -OCH3 is 1. The fourth-order valence-corrected chi connectivity index (χ4v) is 5.79. The molecule has 0 atom stereocenters. The number of anilines is 2. The number of nitrogens with two attached hydrogens (primary N) is 2. The maximum Gasteiger partial charge on any atom is 0.248 e. The number of benzene rings is 2. The van der Waals surface area contributed by atoms with Crippen molar-refractivity contribution < 1.29 is 29.0 Å². The van der Waals surface area contributed by atoms with Crippen molar-refractivity contribution >= 4 is 58.7 Å². The van der Waals surface area contributed by atoms with E-state index < -0.39 is 5.91 Å². The third-order valence-corrected chi connectivity index (χ3v) is 8.19. The first-order valence-electron chi connectivity index (χ1n) is 18.6. The van der Waals surface area contributed by atoms with Gasteiger partial charge in [-0.25, -0.2) is 9.97 Å². The van der Waals surface area contributed by atoms with Crippen molar-refractivity contribution in [2.24, 2.45) is 11.5 Å². The zero-order chi connectivity index (χ0) is 43.5. The Morgan fingerprint density at radius 2 is 1.22 bits per heavy atom. The van der Waals surface area contributed by atoms with Crippen LogP contribution in [0.4, 0.5) is 11.9 Å². The van der Waals surface area contributed by atoms with Gasteiger partial charge >= 0.3 is 0 Å². The number of aromatic nitrogens is 8. The minimum atomic E-state index is -0.558. The monoisotopic (exact) mass is 800 g/mol. The summed E-state index contributed by atoms with van der Waals surface area (Å²) in [6.07, 6.45) is 6.20. The van der Waals surface area contributed by atoms with Crippen LogP contribution in [0.1, 0.15) is 80.8 Å². The number of rotatable bonds is 13. The Kier molecular flexibility index (Phi) is 19.0. The normalized spacial score (nSPS) is 10.3. The molecule has 18 nitrogen and oxygen atoms in total. The standard InChI is InChI=1S/C23H25N7O4.2C7H10N2O.C2H6.CH5N/c1-25-22-27-15-8-13(12-31)9-17(32)19(15)29(22)6-4-5-7-30-20-16(28-23(30)26-2)10-14(21(24)33)11-18(20)34-3;2*1-3-9-7(5-10)4-6(2)8-9;2*1-2/h4-5,8-12,32H,6-7H2,1-3H3,(H2,24,33)(H,25,27)(H,26,28);2*4-5H,3H2,1-2H3;1-2H3;2H2,1H3/b5-4+;;;;. The number of aromatic hydroxyl groups is 1. The number of aldehydes is 3. The number of ether oxygens (including phenoxy) is 1. The number of allylic oxidation sites excluding steroid dienone is 2. The summed E-state index contributed by atoms with van der Waals surface area (Å²) in [4.78, 5) is 52.5. The Hall–Kier alpha value is -6.82. The van der Waals surface area contributed by atoms with E-state index in [9.17, 15) is 24.3 Å². The summed E-state index contributed by atoms with van der Waals surface area (Å²) < 4.78 is 12.6.